The van der Waals surface area contributed by atoms with Crippen molar-refractivity contribution in [3.05, 3.63) is 0 Å². The molecule has 11 heavy (non-hydrogen) atoms. The first-order valence-corrected chi connectivity index (χ1v) is 4.49. The molecule has 0 bridgehead atoms. The van der Waals surface area contributed by atoms with Crippen LogP contribution in [0.15, 0.2) is 4.99 Å². The van der Waals surface area contributed by atoms with Gasteiger partial charge in [0, 0.05) is 12.3 Å². The van der Waals surface area contributed by atoms with Crippen molar-refractivity contribution in [2.75, 3.05) is 0 Å². The van der Waals surface area contributed by atoms with E-state index in [2.05, 4.69) is 11.9 Å². The van der Waals surface area contributed by atoms with Gasteiger partial charge in [0.15, 0.2) is 0 Å². The van der Waals surface area contributed by atoms with Crippen molar-refractivity contribution in [1.82, 2.24) is 0 Å². The summed E-state index contributed by atoms with van der Waals surface area (Å²) in [4.78, 5) is 4.19. The van der Waals surface area contributed by atoms with Crippen LogP contribution in [0, 0.1) is 11.8 Å². The number of halogens is 2. The van der Waals surface area contributed by atoms with Crippen LogP contribution in [0.5, 0.6) is 0 Å². The summed E-state index contributed by atoms with van der Waals surface area (Å²) in [6, 6.07) is 0.0644. The van der Waals surface area contributed by atoms with Gasteiger partial charge in [-0.25, -0.2) is 0 Å². The second-order valence-electron chi connectivity index (χ2n) is 3.45. The van der Waals surface area contributed by atoms with Crippen LogP contribution in [0.1, 0.15) is 13.3 Å². The first-order valence-electron chi connectivity index (χ1n) is 3.73. The van der Waals surface area contributed by atoms with Crippen LogP contribution in [0.4, 0.5) is 0 Å². The minimum Gasteiger partial charge on any atom is -0.387 e. The molecule has 0 amide bonds. The Hall–Kier alpha value is 0.0500. The Morgan fingerprint density at radius 3 is 2.82 bits per heavy atom. The molecule has 0 aromatic carbocycles. The van der Waals surface area contributed by atoms with Gasteiger partial charge in [-0.05, 0) is 5.92 Å². The van der Waals surface area contributed by atoms with Crippen molar-refractivity contribution in [3.63, 3.8) is 0 Å². The zero-order valence-electron chi connectivity index (χ0n) is 6.22. The summed E-state index contributed by atoms with van der Waals surface area (Å²) in [6.07, 6.45) is 0.836. The fraction of sp³-hybridized carbons (Fsp3) is 0.857. The van der Waals surface area contributed by atoms with E-state index in [0.717, 1.165) is 6.42 Å². The summed E-state index contributed by atoms with van der Waals surface area (Å²) in [5.41, 5.74) is 5.60. The zero-order chi connectivity index (χ0) is 8.22. The lowest BCUT2D eigenvalue weighted by Gasteiger charge is -2.13. The Morgan fingerprint density at radius 2 is 2.27 bits per heavy atom. The Balaban J connectivity index is 2.25. The summed E-state index contributed by atoms with van der Waals surface area (Å²) >= 11 is 12.0. The van der Waals surface area contributed by atoms with Crippen LogP contribution in [0.25, 0.3) is 0 Å². The van der Waals surface area contributed by atoms with Gasteiger partial charge >= 0.3 is 0 Å². The summed E-state index contributed by atoms with van der Waals surface area (Å²) in [6.45, 7) is 2.12. The lowest BCUT2D eigenvalue weighted by atomic mass is 9.99. The largest absolute Gasteiger partial charge is 0.387 e. The molecule has 4 heteroatoms. The zero-order valence-corrected chi connectivity index (χ0v) is 7.73. The maximum Gasteiger partial charge on any atom is 0.146 e. The lowest BCUT2D eigenvalue weighted by Crippen LogP contribution is -2.22. The molecule has 0 aromatic heterocycles. The number of hydrogen-bond acceptors (Lipinski definition) is 2. The second kappa shape index (κ2) is 2.05. The summed E-state index contributed by atoms with van der Waals surface area (Å²) in [7, 11) is 0. The van der Waals surface area contributed by atoms with Gasteiger partial charge < -0.3 is 5.73 Å². The average molecular weight is 193 g/mol. The summed E-state index contributed by atoms with van der Waals surface area (Å²) < 4.78 is -0.624. The molecular weight excluding hydrogens is 183 g/mol. The molecule has 2 rings (SSSR count). The third-order valence-corrected chi connectivity index (χ3v) is 3.47. The number of amidine groups is 1. The van der Waals surface area contributed by atoms with E-state index in [1.165, 1.54) is 0 Å². The fourth-order valence-corrected chi connectivity index (χ4v) is 2.79. The van der Waals surface area contributed by atoms with Crippen LogP contribution in [0.3, 0.4) is 0 Å². The molecule has 3 atom stereocenters. The molecule has 0 unspecified atom stereocenters. The van der Waals surface area contributed by atoms with Gasteiger partial charge in [0.2, 0.25) is 0 Å². The third kappa shape index (κ3) is 0.960. The first kappa shape index (κ1) is 7.69. The molecule has 0 saturated heterocycles. The van der Waals surface area contributed by atoms with Crippen LogP contribution >= 0.6 is 23.2 Å². The number of hydrogen-bond donors (Lipinski definition) is 1. The van der Waals surface area contributed by atoms with Crippen molar-refractivity contribution in [1.29, 1.82) is 0 Å². The number of fused-ring (bicyclic) bond motifs is 1. The normalized spacial score (nSPS) is 46.1. The van der Waals surface area contributed by atoms with Gasteiger partial charge in [-0.2, -0.15) is 0 Å². The standard InChI is InChI=1S/C7H10Cl2N2/c1-3-2-4(10)11-6-5(3)7(6,8)9/h3,5-6H,2H2,1H3,(H2,10,11)/t3-,5+,6-/m1/s1. The van der Waals surface area contributed by atoms with E-state index in [9.17, 15) is 0 Å². The summed E-state index contributed by atoms with van der Waals surface area (Å²) in [5, 5.41) is 0. The minimum atomic E-state index is -0.624. The van der Waals surface area contributed by atoms with E-state index < -0.39 is 4.33 Å². The quantitative estimate of drug-likeness (QED) is 0.582. The Morgan fingerprint density at radius 1 is 1.64 bits per heavy atom. The molecule has 2 aliphatic rings. The van der Waals surface area contributed by atoms with E-state index in [4.69, 9.17) is 28.9 Å². The SMILES string of the molecule is C[C@@H]1CC(N)=N[C@@H]2[C@H]1C2(Cl)Cl. The maximum atomic E-state index is 5.98. The molecule has 0 spiro atoms. The number of alkyl halides is 2. The highest BCUT2D eigenvalue weighted by atomic mass is 35.5. The van der Waals surface area contributed by atoms with Crippen LogP contribution < -0.4 is 5.73 Å². The van der Waals surface area contributed by atoms with Gasteiger partial charge in [0.25, 0.3) is 0 Å². The predicted octanol–water partition coefficient (Wildman–Crippen LogP) is 1.56. The van der Waals surface area contributed by atoms with Crippen LogP contribution in [-0.4, -0.2) is 16.2 Å². The van der Waals surface area contributed by atoms with Gasteiger partial charge in [0.1, 0.15) is 4.33 Å². The highest BCUT2D eigenvalue weighted by Crippen LogP contribution is 2.61. The van der Waals surface area contributed by atoms with Crippen molar-refractivity contribution in [2.24, 2.45) is 22.6 Å². The molecule has 62 valence electrons. The maximum absolute atomic E-state index is 5.98. The molecule has 1 heterocycles. The van der Waals surface area contributed by atoms with Crippen molar-refractivity contribution in [3.8, 4) is 0 Å². The highest BCUT2D eigenvalue weighted by molar-refractivity contribution is 6.52. The third-order valence-electron chi connectivity index (χ3n) is 2.52. The molecule has 2 N–H and O–H groups in total. The van der Waals surface area contributed by atoms with Crippen LogP contribution in [0.2, 0.25) is 0 Å². The predicted molar refractivity (Wildman–Crippen MR) is 47.1 cm³/mol. The molecule has 1 aliphatic heterocycles. The Bertz CT molecular complexity index is 224. The van der Waals surface area contributed by atoms with Gasteiger partial charge in [-0.15, -0.1) is 0 Å². The Kier molecular flexibility index (Phi) is 1.43. The molecule has 0 radical (unpaired) electrons. The minimum absolute atomic E-state index is 0.0644. The smallest absolute Gasteiger partial charge is 0.146 e. The number of rotatable bonds is 0. The molecule has 1 saturated carbocycles. The van der Waals surface area contributed by atoms with Gasteiger partial charge in [-0.3, -0.25) is 4.99 Å². The molecule has 1 aliphatic carbocycles. The molecule has 0 aromatic rings. The van der Waals surface area contributed by atoms with E-state index >= 15 is 0 Å². The van der Waals surface area contributed by atoms with E-state index in [1.54, 1.807) is 0 Å². The van der Waals surface area contributed by atoms with Crippen molar-refractivity contribution < 1.29 is 0 Å². The monoisotopic (exact) mass is 192 g/mol. The molecule has 1 fully saturated rings. The fourth-order valence-electron chi connectivity index (χ4n) is 1.88. The van der Waals surface area contributed by atoms with Gasteiger partial charge in [0.05, 0.1) is 11.9 Å². The highest BCUT2D eigenvalue weighted by Gasteiger charge is 2.67. The molecular formula is C7H10Cl2N2. The van der Waals surface area contributed by atoms with E-state index in [1.807, 2.05) is 0 Å². The Labute approximate surface area is 75.8 Å². The second-order valence-corrected chi connectivity index (χ2v) is 4.89. The van der Waals surface area contributed by atoms with E-state index in [-0.39, 0.29) is 6.04 Å². The van der Waals surface area contributed by atoms with Crippen LogP contribution in [-0.2, 0) is 0 Å². The average Bonchev–Trinajstić information content (AvgIpc) is 2.34. The summed E-state index contributed by atoms with van der Waals surface area (Å²) in [5.74, 6) is 1.51. The first-order chi connectivity index (χ1) is 5.03. The molecule has 2 nitrogen and oxygen atoms in total. The number of nitrogens with zero attached hydrogens (tertiary/aromatic N) is 1. The topological polar surface area (TPSA) is 38.4 Å². The van der Waals surface area contributed by atoms with Crippen molar-refractivity contribution in [2.45, 2.75) is 23.7 Å². The van der Waals surface area contributed by atoms with Crippen molar-refractivity contribution >= 4 is 29.0 Å². The number of aliphatic imine (C=N–C) groups is 1. The lowest BCUT2D eigenvalue weighted by molar-refractivity contribution is 0.495. The van der Waals surface area contributed by atoms with Gasteiger partial charge in [-0.1, -0.05) is 30.1 Å². The van der Waals surface area contributed by atoms with E-state index in [0.29, 0.717) is 17.7 Å². The number of nitrogens with two attached hydrogens (primary N) is 1.